The Bertz CT molecular complexity index is 1070. The standard InChI is InChI=1S/C21H22N6/c1-21(2,3)7-5-15-11-16(12-17-19(15)26-27-20(17)23)14-6-10-25-18(13-14)24-9-4-8-22/h6,10-13H,4,9H2,1-3H3,(H,24,25)(H3,23,26,27). The van der Waals surface area contributed by atoms with Gasteiger partial charge in [0.15, 0.2) is 5.82 Å². The minimum absolute atomic E-state index is 0.109. The predicted octanol–water partition coefficient (Wildman–Crippen LogP) is 3.93. The third kappa shape index (κ3) is 4.37. The maximum Gasteiger partial charge on any atom is 0.153 e. The molecule has 0 saturated heterocycles. The minimum Gasteiger partial charge on any atom is -0.382 e. The molecular weight excluding hydrogens is 336 g/mol. The quantitative estimate of drug-likeness (QED) is 0.484. The molecule has 0 unspecified atom stereocenters. The highest BCUT2D eigenvalue weighted by Gasteiger charge is 2.11. The third-order valence-electron chi connectivity index (χ3n) is 3.91. The summed E-state index contributed by atoms with van der Waals surface area (Å²) in [5, 5.41) is 19.8. The second-order valence-corrected chi connectivity index (χ2v) is 7.32. The Morgan fingerprint density at radius 1 is 1.22 bits per heavy atom. The number of pyridine rings is 1. The second-order valence-electron chi connectivity index (χ2n) is 7.32. The maximum atomic E-state index is 8.68. The summed E-state index contributed by atoms with van der Waals surface area (Å²) in [5.41, 5.74) is 9.61. The van der Waals surface area contributed by atoms with Crippen molar-refractivity contribution in [2.45, 2.75) is 27.2 Å². The van der Waals surface area contributed by atoms with Crippen LogP contribution in [0.3, 0.4) is 0 Å². The summed E-state index contributed by atoms with van der Waals surface area (Å²) < 4.78 is 0. The van der Waals surface area contributed by atoms with Gasteiger partial charge in [0.1, 0.15) is 5.82 Å². The summed E-state index contributed by atoms with van der Waals surface area (Å²) in [6, 6.07) is 10.0. The summed E-state index contributed by atoms with van der Waals surface area (Å²) in [5.74, 6) is 7.71. The first-order valence-corrected chi connectivity index (χ1v) is 8.75. The smallest absolute Gasteiger partial charge is 0.153 e. The normalized spacial score (nSPS) is 10.9. The van der Waals surface area contributed by atoms with Crippen LogP contribution in [0.1, 0.15) is 32.8 Å². The van der Waals surface area contributed by atoms with Gasteiger partial charge < -0.3 is 11.1 Å². The molecule has 0 aliphatic carbocycles. The molecule has 6 nitrogen and oxygen atoms in total. The number of anilines is 2. The van der Waals surface area contributed by atoms with Crippen LogP contribution in [0.4, 0.5) is 11.6 Å². The number of rotatable bonds is 4. The van der Waals surface area contributed by atoms with Gasteiger partial charge in [-0.15, -0.1) is 0 Å². The number of nitrogens with two attached hydrogens (primary N) is 1. The van der Waals surface area contributed by atoms with Gasteiger partial charge in [0.25, 0.3) is 0 Å². The average Bonchev–Trinajstić information content (AvgIpc) is 3.01. The van der Waals surface area contributed by atoms with Gasteiger partial charge >= 0.3 is 0 Å². The molecule has 0 amide bonds. The topological polar surface area (TPSA) is 103 Å². The number of aromatic nitrogens is 3. The van der Waals surface area contributed by atoms with Crippen molar-refractivity contribution in [3.63, 3.8) is 0 Å². The lowest BCUT2D eigenvalue weighted by molar-refractivity contribution is 0.571. The van der Waals surface area contributed by atoms with Crippen LogP contribution in [0.25, 0.3) is 22.0 Å². The fraction of sp³-hybridized carbons (Fsp3) is 0.286. The van der Waals surface area contributed by atoms with E-state index in [0.717, 1.165) is 33.4 Å². The summed E-state index contributed by atoms with van der Waals surface area (Å²) in [6.07, 6.45) is 2.17. The van der Waals surface area contributed by atoms with Crippen LogP contribution in [0.2, 0.25) is 0 Å². The monoisotopic (exact) mass is 358 g/mol. The van der Waals surface area contributed by atoms with Crippen molar-refractivity contribution in [3.05, 3.63) is 36.0 Å². The molecule has 2 aromatic heterocycles. The Balaban J connectivity index is 2.07. The van der Waals surface area contributed by atoms with E-state index in [4.69, 9.17) is 11.0 Å². The zero-order chi connectivity index (χ0) is 19.4. The van der Waals surface area contributed by atoms with Crippen LogP contribution in [0, 0.1) is 28.6 Å². The molecule has 0 bridgehead atoms. The molecule has 0 saturated carbocycles. The number of nitrogens with zero attached hydrogens (tertiary/aromatic N) is 3. The van der Waals surface area contributed by atoms with Crippen molar-refractivity contribution >= 4 is 22.5 Å². The van der Waals surface area contributed by atoms with Gasteiger partial charge in [0.05, 0.1) is 23.6 Å². The Labute approximate surface area is 158 Å². The Kier molecular flexibility index (Phi) is 5.00. The lowest BCUT2D eigenvalue weighted by atomic mass is 9.96. The van der Waals surface area contributed by atoms with Crippen molar-refractivity contribution < 1.29 is 0 Å². The first kappa shape index (κ1) is 18.3. The van der Waals surface area contributed by atoms with Crippen molar-refractivity contribution in [2.24, 2.45) is 5.41 Å². The van der Waals surface area contributed by atoms with Crippen molar-refractivity contribution in [1.29, 1.82) is 5.26 Å². The van der Waals surface area contributed by atoms with Crippen molar-refractivity contribution in [2.75, 3.05) is 17.6 Å². The molecule has 1 aromatic carbocycles. The number of fused-ring (bicyclic) bond motifs is 1. The molecule has 3 aromatic rings. The van der Waals surface area contributed by atoms with E-state index in [9.17, 15) is 0 Å². The fourth-order valence-corrected chi connectivity index (χ4v) is 2.61. The summed E-state index contributed by atoms with van der Waals surface area (Å²) >= 11 is 0. The van der Waals surface area contributed by atoms with Gasteiger partial charge in [-0.25, -0.2) is 4.98 Å². The molecule has 0 fully saturated rings. The van der Waals surface area contributed by atoms with Crippen LogP contribution in [-0.2, 0) is 0 Å². The number of nitrogens with one attached hydrogen (secondary N) is 2. The summed E-state index contributed by atoms with van der Waals surface area (Å²) in [4.78, 5) is 4.31. The molecule has 27 heavy (non-hydrogen) atoms. The molecule has 3 rings (SSSR count). The minimum atomic E-state index is -0.109. The molecule has 136 valence electrons. The molecular formula is C21H22N6. The molecule has 6 heteroatoms. The Morgan fingerprint density at radius 3 is 2.78 bits per heavy atom. The zero-order valence-corrected chi connectivity index (χ0v) is 15.7. The molecule has 0 atom stereocenters. The number of hydrogen-bond acceptors (Lipinski definition) is 5. The predicted molar refractivity (Wildman–Crippen MR) is 109 cm³/mol. The van der Waals surface area contributed by atoms with Crippen molar-refractivity contribution in [3.8, 4) is 29.0 Å². The third-order valence-corrected chi connectivity index (χ3v) is 3.91. The van der Waals surface area contributed by atoms with Crippen LogP contribution in [-0.4, -0.2) is 21.7 Å². The Morgan fingerprint density at radius 2 is 2.04 bits per heavy atom. The largest absolute Gasteiger partial charge is 0.382 e. The van der Waals surface area contributed by atoms with Gasteiger partial charge in [-0.2, -0.15) is 10.4 Å². The van der Waals surface area contributed by atoms with E-state index in [-0.39, 0.29) is 5.41 Å². The average molecular weight is 358 g/mol. The lowest BCUT2D eigenvalue weighted by Gasteiger charge is -2.09. The first-order chi connectivity index (χ1) is 12.9. The number of benzene rings is 1. The van der Waals surface area contributed by atoms with E-state index < -0.39 is 0 Å². The molecule has 4 N–H and O–H groups in total. The molecule has 0 aliphatic heterocycles. The van der Waals surface area contributed by atoms with Gasteiger partial charge in [-0.3, -0.25) is 5.10 Å². The Hall–Kier alpha value is -3.51. The fourth-order valence-electron chi connectivity index (χ4n) is 2.61. The van der Waals surface area contributed by atoms with E-state index >= 15 is 0 Å². The van der Waals surface area contributed by atoms with E-state index in [1.54, 1.807) is 6.20 Å². The SMILES string of the molecule is CC(C)(C)C#Cc1cc(-c2ccnc(NCCC#N)c2)cc2c(N)n[nH]c12. The number of H-pyrrole nitrogens is 1. The van der Waals surface area contributed by atoms with Crippen LogP contribution in [0.5, 0.6) is 0 Å². The zero-order valence-electron chi connectivity index (χ0n) is 15.7. The summed E-state index contributed by atoms with van der Waals surface area (Å²) in [7, 11) is 0. The number of hydrogen-bond donors (Lipinski definition) is 3. The van der Waals surface area contributed by atoms with E-state index in [1.807, 2.05) is 24.3 Å². The van der Waals surface area contributed by atoms with E-state index in [0.29, 0.717) is 18.8 Å². The second kappa shape index (κ2) is 7.39. The number of aromatic amines is 1. The highest BCUT2D eigenvalue weighted by molar-refractivity contribution is 5.96. The van der Waals surface area contributed by atoms with Gasteiger partial charge in [0, 0.05) is 23.5 Å². The van der Waals surface area contributed by atoms with Crippen LogP contribution in [0.15, 0.2) is 30.5 Å². The van der Waals surface area contributed by atoms with Crippen molar-refractivity contribution in [1.82, 2.24) is 15.2 Å². The van der Waals surface area contributed by atoms with E-state index in [1.165, 1.54) is 0 Å². The van der Waals surface area contributed by atoms with Gasteiger partial charge in [-0.1, -0.05) is 11.8 Å². The summed E-state index contributed by atoms with van der Waals surface area (Å²) in [6.45, 7) is 6.78. The lowest BCUT2D eigenvalue weighted by Crippen LogP contribution is -2.02. The molecule has 0 spiro atoms. The highest BCUT2D eigenvalue weighted by Crippen LogP contribution is 2.30. The van der Waals surface area contributed by atoms with Gasteiger partial charge in [0.2, 0.25) is 0 Å². The maximum absolute atomic E-state index is 8.68. The van der Waals surface area contributed by atoms with Gasteiger partial charge in [-0.05, 0) is 56.2 Å². The molecule has 0 aliphatic rings. The van der Waals surface area contributed by atoms with Crippen LogP contribution >= 0.6 is 0 Å². The first-order valence-electron chi connectivity index (χ1n) is 8.75. The molecule has 0 radical (unpaired) electrons. The number of nitriles is 1. The highest BCUT2D eigenvalue weighted by atomic mass is 15.1. The molecule has 2 heterocycles. The van der Waals surface area contributed by atoms with E-state index in [2.05, 4.69) is 59.2 Å². The number of nitrogen functional groups attached to an aromatic ring is 1. The van der Waals surface area contributed by atoms with Crippen LogP contribution < -0.4 is 11.1 Å².